The van der Waals surface area contributed by atoms with Gasteiger partial charge in [-0.2, -0.15) is 0 Å². The first-order valence-corrected chi connectivity index (χ1v) is 6.81. The Bertz CT molecular complexity index is 476. The summed E-state index contributed by atoms with van der Waals surface area (Å²) in [7, 11) is -2.94. The van der Waals surface area contributed by atoms with Crippen molar-refractivity contribution in [2.45, 2.75) is 13.0 Å². The number of rotatable bonds is 5. The first kappa shape index (κ1) is 12.6. The SMILES string of the molecule is CS(=O)(=O)CCCn1cccc1/C(N)=N/O. The van der Waals surface area contributed by atoms with E-state index in [9.17, 15) is 8.42 Å². The first-order chi connectivity index (χ1) is 7.44. The van der Waals surface area contributed by atoms with Crippen LogP contribution in [0.5, 0.6) is 0 Å². The van der Waals surface area contributed by atoms with Crippen LogP contribution in [-0.4, -0.2) is 36.0 Å². The lowest BCUT2D eigenvalue weighted by Crippen LogP contribution is -2.19. The second-order valence-corrected chi connectivity index (χ2v) is 5.82. The standard InChI is InChI=1S/C9H15N3O3S/c1-16(14,15)7-3-6-12-5-2-4-8(12)9(10)11-13/h2,4-5,13H,3,6-7H2,1H3,(H2,10,11). The van der Waals surface area contributed by atoms with Crippen LogP contribution in [0.4, 0.5) is 0 Å². The van der Waals surface area contributed by atoms with E-state index in [0.29, 0.717) is 18.7 Å². The van der Waals surface area contributed by atoms with E-state index in [2.05, 4.69) is 5.16 Å². The Morgan fingerprint density at radius 3 is 2.88 bits per heavy atom. The Morgan fingerprint density at radius 2 is 2.31 bits per heavy atom. The molecule has 0 aliphatic carbocycles. The molecule has 0 spiro atoms. The zero-order valence-corrected chi connectivity index (χ0v) is 9.81. The van der Waals surface area contributed by atoms with Crippen molar-refractivity contribution in [3.63, 3.8) is 0 Å². The summed E-state index contributed by atoms with van der Waals surface area (Å²) in [4.78, 5) is 0. The molecule has 1 heterocycles. The molecule has 0 radical (unpaired) electrons. The van der Waals surface area contributed by atoms with Gasteiger partial charge in [-0.1, -0.05) is 5.16 Å². The monoisotopic (exact) mass is 245 g/mol. The summed E-state index contributed by atoms with van der Waals surface area (Å²) in [5, 5.41) is 11.4. The minimum atomic E-state index is -2.94. The molecule has 0 amide bonds. The summed E-state index contributed by atoms with van der Waals surface area (Å²) in [6.45, 7) is 0.519. The molecule has 7 heteroatoms. The van der Waals surface area contributed by atoms with Crippen molar-refractivity contribution >= 4 is 15.7 Å². The average Bonchev–Trinajstić information content (AvgIpc) is 2.63. The number of hydrogen-bond acceptors (Lipinski definition) is 4. The Hall–Kier alpha value is -1.50. The molecule has 6 nitrogen and oxygen atoms in total. The lowest BCUT2D eigenvalue weighted by Gasteiger charge is -2.07. The van der Waals surface area contributed by atoms with E-state index < -0.39 is 9.84 Å². The number of amidine groups is 1. The fourth-order valence-electron chi connectivity index (χ4n) is 1.39. The maximum absolute atomic E-state index is 10.9. The molecule has 0 fully saturated rings. The van der Waals surface area contributed by atoms with Crippen molar-refractivity contribution in [2.24, 2.45) is 10.9 Å². The van der Waals surface area contributed by atoms with Gasteiger partial charge in [0.15, 0.2) is 5.84 Å². The van der Waals surface area contributed by atoms with Gasteiger partial charge in [0.1, 0.15) is 9.84 Å². The van der Waals surface area contributed by atoms with Crippen molar-refractivity contribution in [3.05, 3.63) is 24.0 Å². The second-order valence-electron chi connectivity index (χ2n) is 3.56. The first-order valence-electron chi connectivity index (χ1n) is 4.75. The summed E-state index contributed by atoms with van der Waals surface area (Å²) in [6.07, 6.45) is 3.46. The van der Waals surface area contributed by atoms with E-state index in [1.165, 1.54) is 6.26 Å². The number of aryl methyl sites for hydroxylation is 1. The number of aromatic nitrogens is 1. The van der Waals surface area contributed by atoms with Crippen LogP contribution in [-0.2, 0) is 16.4 Å². The van der Waals surface area contributed by atoms with Crippen molar-refractivity contribution in [3.8, 4) is 0 Å². The Kier molecular flexibility index (Phi) is 3.94. The summed E-state index contributed by atoms with van der Waals surface area (Å²) < 4.78 is 23.6. The molecule has 0 aliphatic rings. The zero-order chi connectivity index (χ0) is 12.2. The minimum Gasteiger partial charge on any atom is -0.409 e. The van der Waals surface area contributed by atoms with Gasteiger partial charge in [-0.15, -0.1) is 0 Å². The van der Waals surface area contributed by atoms with Gasteiger partial charge >= 0.3 is 0 Å². The molecule has 1 aromatic heterocycles. The van der Waals surface area contributed by atoms with E-state index in [1.807, 2.05) is 0 Å². The average molecular weight is 245 g/mol. The maximum Gasteiger partial charge on any atom is 0.186 e. The van der Waals surface area contributed by atoms with Crippen LogP contribution >= 0.6 is 0 Å². The number of nitrogens with two attached hydrogens (primary N) is 1. The van der Waals surface area contributed by atoms with E-state index >= 15 is 0 Å². The van der Waals surface area contributed by atoms with E-state index in [0.717, 1.165) is 0 Å². The Labute approximate surface area is 94.3 Å². The molecule has 0 unspecified atom stereocenters. The van der Waals surface area contributed by atoms with Crippen LogP contribution in [0.1, 0.15) is 12.1 Å². The molecular weight excluding hydrogens is 230 g/mol. The van der Waals surface area contributed by atoms with Gasteiger partial charge in [0.2, 0.25) is 0 Å². The van der Waals surface area contributed by atoms with Crippen molar-refractivity contribution in [2.75, 3.05) is 12.0 Å². The van der Waals surface area contributed by atoms with Crippen LogP contribution in [0.2, 0.25) is 0 Å². The largest absolute Gasteiger partial charge is 0.409 e. The number of sulfone groups is 1. The molecule has 3 N–H and O–H groups in total. The summed E-state index contributed by atoms with van der Waals surface area (Å²) in [6, 6.07) is 3.46. The van der Waals surface area contributed by atoms with Crippen molar-refractivity contribution < 1.29 is 13.6 Å². The van der Waals surface area contributed by atoms with Gasteiger partial charge in [-0.3, -0.25) is 0 Å². The molecule has 1 rings (SSSR count). The molecule has 1 aromatic rings. The molecule has 0 atom stereocenters. The number of nitrogens with zero attached hydrogens (tertiary/aromatic N) is 2. The fraction of sp³-hybridized carbons (Fsp3) is 0.444. The third-order valence-corrected chi connectivity index (χ3v) is 3.14. The second kappa shape index (κ2) is 5.02. The lowest BCUT2D eigenvalue weighted by atomic mass is 10.4. The highest BCUT2D eigenvalue weighted by Gasteiger charge is 2.07. The molecule has 0 saturated carbocycles. The molecule has 0 aromatic carbocycles. The van der Waals surface area contributed by atoms with Gasteiger partial charge in [-0.05, 0) is 18.6 Å². The quantitative estimate of drug-likeness (QED) is 0.330. The predicted molar refractivity (Wildman–Crippen MR) is 61.3 cm³/mol. The molecular formula is C9H15N3O3S. The molecule has 0 bridgehead atoms. The van der Waals surface area contributed by atoms with Crippen molar-refractivity contribution in [1.29, 1.82) is 0 Å². The predicted octanol–water partition coefficient (Wildman–Crippen LogP) is 0.0173. The van der Waals surface area contributed by atoms with Gasteiger partial charge in [0.05, 0.1) is 11.4 Å². The molecule has 90 valence electrons. The third-order valence-electron chi connectivity index (χ3n) is 2.11. The fourth-order valence-corrected chi connectivity index (χ4v) is 2.04. The normalized spacial score (nSPS) is 12.9. The zero-order valence-electron chi connectivity index (χ0n) is 9.00. The van der Waals surface area contributed by atoms with Crippen LogP contribution in [0.3, 0.4) is 0 Å². The van der Waals surface area contributed by atoms with Crippen LogP contribution in [0.25, 0.3) is 0 Å². The number of oxime groups is 1. The van der Waals surface area contributed by atoms with E-state index in [1.54, 1.807) is 22.9 Å². The highest BCUT2D eigenvalue weighted by molar-refractivity contribution is 7.90. The van der Waals surface area contributed by atoms with Gasteiger partial charge < -0.3 is 15.5 Å². The summed E-state index contributed by atoms with van der Waals surface area (Å²) in [5.74, 6) is 0.144. The Balaban J connectivity index is 2.65. The summed E-state index contributed by atoms with van der Waals surface area (Å²) >= 11 is 0. The van der Waals surface area contributed by atoms with Crippen molar-refractivity contribution in [1.82, 2.24) is 4.57 Å². The molecule has 0 aliphatic heterocycles. The third kappa shape index (κ3) is 3.58. The van der Waals surface area contributed by atoms with Crippen LogP contribution in [0, 0.1) is 0 Å². The van der Waals surface area contributed by atoms with Gasteiger partial charge in [-0.25, -0.2) is 8.42 Å². The Morgan fingerprint density at radius 1 is 1.62 bits per heavy atom. The van der Waals surface area contributed by atoms with E-state index in [-0.39, 0.29) is 11.6 Å². The van der Waals surface area contributed by atoms with E-state index in [4.69, 9.17) is 10.9 Å². The number of hydrogen-bond donors (Lipinski definition) is 2. The van der Waals surface area contributed by atoms with Gasteiger partial charge in [0, 0.05) is 19.0 Å². The van der Waals surface area contributed by atoms with Crippen LogP contribution in [0.15, 0.2) is 23.5 Å². The molecule has 0 saturated heterocycles. The molecule has 16 heavy (non-hydrogen) atoms. The minimum absolute atomic E-state index is 0.0179. The topological polar surface area (TPSA) is 97.7 Å². The maximum atomic E-state index is 10.9. The lowest BCUT2D eigenvalue weighted by molar-refractivity contribution is 0.318. The van der Waals surface area contributed by atoms with Crippen LogP contribution < -0.4 is 5.73 Å². The smallest absolute Gasteiger partial charge is 0.186 e. The highest BCUT2D eigenvalue weighted by Crippen LogP contribution is 2.04. The highest BCUT2D eigenvalue weighted by atomic mass is 32.2. The summed E-state index contributed by atoms with van der Waals surface area (Å²) in [5.41, 5.74) is 6.04. The van der Waals surface area contributed by atoms with Gasteiger partial charge in [0.25, 0.3) is 0 Å².